The van der Waals surface area contributed by atoms with Gasteiger partial charge in [0.05, 0.1) is 5.41 Å². The number of hydrogen-bond donors (Lipinski definition) is 0. The van der Waals surface area contributed by atoms with Crippen molar-refractivity contribution in [3.63, 3.8) is 0 Å². The van der Waals surface area contributed by atoms with E-state index in [1.807, 2.05) is 48.5 Å². The summed E-state index contributed by atoms with van der Waals surface area (Å²) in [5, 5.41) is 0. The van der Waals surface area contributed by atoms with Crippen LogP contribution in [0.1, 0.15) is 132 Å². The zero-order valence-electron chi connectivity index (χ0n) is 27.4. The molecule has 0 N–H and O–H groups in total. The quantitative estimate of drug-likeness (QED) is 0.149. The summed E-state index contributed by atoms with van der Waals surface area (Å²) in [5.74, 6) is 1.39. The zero-order chi connectivity index (χ0) is 30.3. The fraction of sp³-hybridized carbons (Fsp3) is 0.917. The fourth-order valence-electron chi connectivity index (χ4n) is 11.3. The summed E-state index contributed by atoms with van der Waals surface area (Å²) in [5.41, 5.74) is -2.22. The third-order valence-electron chi connectivity index (χ3n) is 13.7. The molecule has 0 atom stereocenters. The Bertz CT molecular complexity index is 958. The standard InChI is InChI=1S/C36H56O6/c1-8-32(2,3)31(39)40-21-28(29(37)41-33(4,5)35-15-22-9-23(16-35)11-24(10-22)17-35)30(38)42-34(6,7)36-18-25-12-26(19-36)14-27(13-25)20-36/h22-28H,8-21H2,1-7H3. The maximum absolute atomic E-state index is 14.0. The molecule has 0 aromatic carbocycles. The van der Waals surface area contributed by atoms with Gasteiger partial charge in [0.25, 0.3) is 0 Å². The van der Waals surface area contributed by atoms with Gasteiger partial charge in [0.2, 0.25) is 0 Å². The van der Waals surface area contributed by atoms with Gasteiger partial charge in [0.15, 0.2) is 5.92 Å². The van der Waals surface area contributed by atoms with Crippen LogP contribution >= 0.6 is 0 Å². The number of esters is 3. The number of hydrogen-bond acceptors (Lipinski definition) is 6. The average Bonchev–Trinajstić information content (AvgIpc) is 2.86. The topological polar surface area (TPSA) is 78.9 Å². The monoisotopic (exact) mass is 584 g/mol. The van der Waals surface area contributed by atoms with Crippen molar-refractivity contribution in [3.8, 4) is 0 Å². The van der Waals surface area contributed by atoms with Gasteiger partial charge in [0, 0.05) is 10.8 Å². The van der Waals surface area contributed by atoms with Crippen molar-refractivity contribution in [2.75, 3.05) is 6.61 Å². The van der Waals surface area contributed by atoms with Crippen LogP contribution < -0.4 is 0 Å². The Kier molecular flexibility index (Phi) is 7.41. The van der Waals surface area contributed by atoms with Gasteiger partial charge < -0.3 is 14.2 Å². The molecule has 6 nitrogen and oxygen atoms in total. The number of carbonyl (C=O) groups excluding carboxylic acids is 3. The van der Waals surface area contributed by atoms with Crippen LogP contribution in [0.3, 0.4) is 0 Å². The van der Waals surface area contributed by atoms with E-state index in [0.717, 1.165) is 38.5 Å². The minimum atomic E-state index is -1.29. The number of carbonyl (C=O) groups is 3. The molecule has 0 aromatic rings. The first-order chi connectivity index (χ1) is 19.6. The molecule has 0 amide bonds. The maximum Gasteiger partial charge on any atom is 0.324 e. The van der Waals surface area contributed by atoms with E-state index >= 15 is 0 Å². The first-order valence-electron chi connectivity index (χ1n) is 17.2. The number of ether oxygens (including phenoxy) is 3. The van der Waals surface area contributed by atoms with E-state index in [4.69, 9.17) is 14.2 Å². The lowest BCUT2D eigenvalue weighted by atomic mass is 9.46. The highest BCUT2D eigenvalue weighted by Gasteiger charge is 2.61. The molecule has 0 spiro atoms. The highest BCUT2D eigenvalue weighted by molar-refractivity contribution is 5.95. The third kappa shape index (κ3) is 5.13. The highest BCUT2D eigenvalue weighted by Crippen LogP contribution is 2.65. The first-order valence-corrected chi connectivity index (χ1v) is 17.2. The maximum atomic E-state index is 14.0. The van der Waals surface area contributed by atoms with Crippen LogP contribution in [0.25, 0.3) is 0 Å². The van der Waals surface area contributed by atoms with E-state index in [1.54, 1.807) is 0 Å². The minimum Gasteiger partial charge on any atom is -0.464 e. The lowest BCUT2D eigenvalue weighted by molar-refractivity contribution is -0.215. The average molecular weight is 585 g/mol. The summed E-state index contributed by atoms with van der Waals surface area (Å²) in [6.45, 7) is 13.4. The van der Waals surface area contributed by atoms with Gasteiger partial charge in [0.1, 0.15) is 17.8 Å². The molecule has 8 saturated carbocycles. The Balaban J connectivity index is 1.21. The molecule has 6 heteroatoms. The van der Waals surface area contributed by atoms with Crippen molar-refractivity contribution in [3.05, 3.63) is 0 Å². The van der Waals surface area contributed by atoms with Gasteiger partial charge in [-0.05, 0) is 161 Å². The van der Waals surface area contributed by atoms with Crippen LogP contribution in [0, 0.1) is 57.7 Å². The molecule has 8 bridgehead atoms. The predicted octanol–water partition coefficient (Wildman–Crippen LogP) is 7.66. The molecule has 0 saturated heterocycles. The Morgan fingerprint density at radius 2 is 0.929 bits per heavy atom. The van der Waals surface area contributed by atoms with E-state index in [1.165, 1.54) is 38.5 Å². The Hall–Kier alpha value is -1.59. The van der Waals surface area contributed by atoms with Crippen LogP contribution in [0.2, 0.25) is 0 Å². The van der Waals surface area contributed by atoms with Crippen LogP contribution in [0.15, 0.2) is 0 Å². The lowest BCUT2D eigenvalue weighted by Crippen LogP contribution is -2.59. The normalized spacial score (nSPS) is 39.2. The zero-order valence-corrected chi connectivity index (χ0v) is 27.4. The van der Waals surface area contributed by atoms with E-state index in [0.29, 0.717) is 41.9 Å². The number of rotatable bonds is 10. The molecule has 0 heterocycles. The lowest BCUT2D eigenvalue weighted by Gasteiger charge is -2.61. The molecule has 8 fully saturated rings. The predicted molar refractivity (Wildman–Crippen MR) is 160 cm³/mol. The molecule has 0 aliphatic heterocycles. The van der Waals surface area contributed by atoms with Crippen molar-refractivity contribution < 1.29 is 28.6 Å². The summed E-state index contributed by atoms with van der Waals surface area (Å²) in [4.78, 5) is 41.0. The van der Waals surface area contributed by atoms with Gasteiger partial charge in [-0.1, -0.05) is 6.92 Å². The molecule has 42 heavy (non-hydrogen) atoms. The van der Waals surface area contributed by atoms with Crippen molar-refractivity contribution in [1.82, 2.24) is 0 Å². The van der Waals surface area contributed by atoms with E-state index in [9.17, 15) is 14.4 Å². The SMILES string of the molecule is CCC(C)(C)C(=O)OCC(C(=O)OC(C)(C)C12CC3CC(CC(C3)C1)C2)C(=O)OC(C)(C)C12CC3CC(CC(C3)C1)C2. The van der Waals surface area contributed by atoms with E-state index in [-0.39, 0.29) is 17.4 Å². The smallest absolute Gasteiger partial charge is 0.324 e. The van der Waals surface area contributed by atoms with E-state index < -0.39 is 40.4 Å². The molecule has 8 aliphatic carbocycles. The molecule has 8 aliphatic rings. The van der Waals surface area contributed by atoms with Gasteiger partial charge in [-0.25, -0.2) is 0 Å². The summed E-state index contributed by atoms with van der Waals surface area (Å²) < 4.78 is 18.5. The second-order valence-electron chi connectivity index (χ2n) is 17.6. The second-order valence-corrected chi connectivity index (χ2v) is 17.6. The van der Waals surface area contributed by atoms with Crippen molar-refractivity contribution in [1.29, 1.82) is 0 Å². The fourth-order valence-corrected chi connectivity index (χ4v) is 11.3. The largest absolute Gasteiger partial charge is 0.464 e. The van der Waals surface area contributed by atoms with Crippen LogP contribution in [-0.2, 0) is 28.6 Å². The third-order valence-corrected chi connectivity index (χ3v) is 13.7. The van der Waals surface area contributed by atoms with Gasteiger partial charge in [-0.15, -0.1) is 0 Å². The summed E-state index contributed by atoms with van der Waals surface area (Å²) in [7, 11) is 0. The summed E-state index contributed by atoms with van der Waals surface area (Å²) in [6.07, 6.45) is 15.0. The molecule has 0 unspecified atom stereocenters. The Labute approximate surface area is 253 Å². The van der Waals surface area contributed by atoms with Gasteiger partial charge in [-0.3, -0.25) is 14.4 Å². The van der Waals surface area contributed by atoms with Crippen molar-refractivity contribution >= 4 is 17.9 Å². The summed E-state index contributed by atoms with van der Waals surface area (Å²) >= 11 is 0. The Morgan fingerprint density at radius 3 is 1.21 bits per heavy atom. The minimum absolute atomic E-state index is 0.0504. The van der Waals surface area contributed by atoms with Crippen molar-refractivity contribution in [2.24, 2.45) is 57.7 Å². The van der Waals surface area contributed by atoms with Crippen molar-refractivity contribution in [2.45, 2.75) is 143 Å². The molecule has 8 rings (SSSR count). The molecule has 0 radical (unpaired) electrons. The Morgan fingerprint density at radius 1 is 0.619 bits per heavy atom. The molecule has 236 valence electrons. The van der Waals surface area contributed by atoms with Crippen LogP contribution in [0.4, 0.5) is 0 Å². The summed E-state index contributed by atoms with van der Waals surface area (Å²) in [6, 6.07) is 0. The molecular weight excluding hydrogens is 528 g/mol. The molecule has 0 aromatic heterocycles. The van der Waals surface area contributed by atoms with Crippen LogP contribution in [0.5, 0.6) is 0 Å². The molecular formula is C36H56O6. The highest BCUT2D eigenvalue weighted by atomic mass is 16.6. The first kappa shape index (κ1) is 30.4. The second kappa shape index (κ2) is 10.2. The van der Waals surface area contributed by atoms with Crippen LogP contribution in [-0.4, -0.2) is 35.7 Å². The van der Waals surface area contributed by atoms with E-state index in [2.05, 4.69) is 0 Å². The van der Waals surface area contributed by atoms with Gasteiger partial charge in [-0.2, -0.15) is 0 Å². The van der Waals surface area contributed by atoms with Gasteiger partial charge >= 0.3 is 17.9 Å².